The number of nitrogens with one attached hydrogen (secondary N) is 1. The standard InChI is InChI=1S/C27H36BrNO/c1-15-20-13-17(28)5-7-23(20)29-24-14-22-19-6-4-16-12-18(30)8-10-26(16,2)21(19)9-11-27(22,3)25(15)24/h4-5,7,13,15,18-19,21-22,24-25,29-30H,6,8-12,14H2,1-3H3/t15-,18+,19-,21+,22+,24+,25+,26+,27+/m1/s1. The molecule has 0 aromatic heterocycles. The van der Waals surface area contributed by atoms with Crippen molar-refractivity contribution in [3.63, 3.8) is 0 Å². The van der Waals surface area contributed by atoms with E-state index in [1.165, 1.54) is 47.8 Å². The summed E-state index contributed by atoms with van der Waals surface area (Å²) in [4.78, 5) is 0. The van der Waals surface area contributed by atoms with Gasteiger partial charge in [-0.3, -0.25) is 0 Å². The third-order valence-corrected chi connectivity index (χ3v) is 11.1. The Bertz CT molecular complexity index is 910. The summed E-state index contributed by atoms with van der Waals surface area (Å²) >= 11 is 3.71. The Morgan fingerprint density at radius 3 is 2.80 bits per heavy atom. The van der Waals surface area contributed by atoms with E-state index in [0.29, 0.717) is 22.8 Å². The molecular formula is C27H36BrNO. The molecule has 0 unspecified atom stereocenters. The first-order valence-corrected chi connectivity index (χ1v) is 13.0. The van der Waals surface area contributed by atoms with E-state index >= 15 is 0 Å². The fourth-order valence-electron chi connectivity index (χ4n) is 9.23. The van der Waals surface area contributed by atoms with Gasteiger partial charge in [0.25, 0.3) is 0 Å². The van der Waals surface area contributed by atoms with E-state index < -0.39 is 0 Å². The van der Waals surface area contributed by atoms with Gasteiger partial charge in [-0.25, -0.2) is 0 Å². The summed E-state index contributed by atoms with van der Waals surface area (Å²) in [6.07, 6.45) is 10.9. The van der Waals surface area contributed by atoms with Gasteiger partial charge in [0, 0.05) is 16.2 Å². The summed E-state index contributed by atoms with van der Waals surface area (Å²) in [7, 11) is 0. The SMILES string of the molecule is C[C@@H]1c2cc(Br)ccc2N[C@H]2C[C@H]3[C@@H]4CC=C5C[C@@H](O)CC[C@]5(C)[C@H]4CC[C@]3(C)[C@H]21. The highest BCUT2D eigenvalue weighted by Gasteiger charge is 2.62. The summed E-state index contributed by atoms with van der Waals surface area (Å²) in [6, 6.07) is 7.44. The van der Waals surface area contributed by atoms with E-state index in [1.54, 1.807) is 5.57 Å². The predicted octanol–water partition coefficient (Wildman–Crippen LogP) is 6.90. The number of rotatable bonds is 0. The quantitative estimate of drug-likeness (QED) is 0.405. The summed E-state index contributed by atoms with van der Waals surface area (Å²) in [5.41, 5.74) is 5.24. The van der Waals surface area contributed by atoms with Gasteiger partial charge in [-0.1, -0.05) is 48.4 Å². The van der Waals surface area contributed by atoms with Gasteiger partial charge in [0.15, 0.2) is 0 Å². The molecule has 1 aromatic rings. The lowest BCUT2D eigenvalue weighted by molar-refractivity contribution is -0.0528. The minimum atomic E-state index is -0.105. The average molecular weight is 470 g/mol. The van der Waals surface area contributed by atoms with Crippen molar-refractivity contribution in [2.45, 2.75) is 83.8 Å². The first-order valence-electron chi connectivity index (χ1n) is 12.2. The molecule has 1 aliphatic heterocycles. The van der Waals surface area contributed by atoms with E-state index in [2.05, 4.69) is 66.3 Å². The normalized spacial score (nSPS) is 49.0. The molecule has 0 amide bonds. The lowest BCUT2D eigenvalue weighted by Gasteiger charge is -2.58. The summed E-state index contributed by atoms with van der Waals surface area (Å²) in [5.74, 6) is 3.81. The van der Waals surface area contributed by atoms with Crippen molar-refractivity contribution in [2.75, 3.05) is 5.32 Å². The van der Waals surface area contributed by atoms with Crippen LogP contribution in [0, 0.1) is 34.5 Å². The zero-order valence-corrected chi connectivity index (χ0v) is 20.2. The van der Waals surface area contributed by atoms with Gasteiger partial charge in [-0.2, -0.15) is 0 Å². The van der Waals surface area contributed by atoms with Crippen molar-refractivity contribution >= 4 is 21.6 Å². The van der Waals surface area contributed by atoms with Gasteiger partial charge in [-0.15, -0.1) is 0 Å². The molecule has 2 nitrogen and oxygen atoms in total. The van der Waals surface area contributed by atoms with Gasteiger partial charge < -0.3 is 10.4 Å². The van der Waals surface area contributed by atoms with Crippen LogP contribution in [-0.4, -0.2) is 17.3 Å². The number of aliphatic hydroxyl groups excluding tert-OH is 1. The Morgan fingerprint density at radius 2 is 1.97 bits per heavy atom. The lowest BCUT2D eigenvalue weighted by Crippen LogP contribution is -2.51. The van der Waals surface area contributed by atoms with E-state index in [0.717, 1.165) is 36.5 Å². The van der Waals surface area contributed by atoms with Crippen LogP contribution in [0.5, 0.6) is 0 Å². The van der Waals surface area contributed by atoms with Crippen LogP contribution in [0.25, 0.3) is 0 Å². The smallest absolute Gasteiger partial charge is 0.0577 e. The number of hydrogen-bond acceptors (Lipinski definition) is 2. The van der Waals surface area contributed by atoms with Crippen LogP contribution in [0.15, 0.2) is 34.3 Å². The molecule has 0 radical (unpaired) electrons. The van der Waals surface area contributed by atoms with E-state index in [9.17, 15) is 5.11 Å². The zero-order valence-electron chi connectivity index (χ0n) is 18.6. The monoisotopic (exact) mass is 469 g/mol. The fourth-order valence-corrected chi connectivity index (χ4v) is 9.61. The van der Waals surface area contributed by atoms with Gasteiger partial charge in [0.05, 0.1) is 6.10 Å². The molecule has 5 aliphatic rings. The molecule has 3 fully saturated rings. The summed E-state index contributed by atoms with van der Waals surface area (Å²) in [6.45, 7) is 7.68. The molecule has 30 heavy (non-hydrogen) atoms. The largest absolute Gasteiger partial charge is 0.393 e. The van der Waals surface area contributed by atoms with Gasteiger partial charge in [-0.05, 0) is 109 Å². The first kappa shape index (κ1) is 19.9. The van der Waals surface area contributed by atoms with Crippen LogP contribution in [0.3, 0.4) is 0 Å². The van der Waals surface area contributed by atoms with Crippen LogP contribution >= 0.6 is 15.9 Å². The Hall–Kier alpha value is -0.800. The molecule has 3 saturated carbocycles. The number of aliphatic hydroxyl groups is 1. The van der Waals surface area contributed by atoms with Crippen molar-refractivity contribution in [2.24, 2.45) is 34.5 Å². The van der Waals surface area contributed by atoms with Crippen molar-refractivity contribution in [1.82, 2.24) is 0 Å². The predicted molar refractivity (Wildman–Crippen MR) is 127 cm³/mol. The van der Waals surface area contributed by atoms with Crippen LogP contribution in [0.2, 0.25) is 0 Å². The molecule has 1 aromatic carbocycles. The number of allylic oxidation sites excluding steroid dienone is 1. The van der Waals surface area contributed by atoms with Crippen LogP contribution in [-0.2, 0) is 0 Å². The molecule has 162 valence electrons. The minimum absolute atomic E-state index is 0.105. The van der Waals surface area contributed by atoms with E-state index in [4.69, 9.17) is 0 Å². The molecular weight excluding hydrogens is 434 g/mol. The Morgan fingerprint density at radius 1 is 1.13 bits per heavy atom. The second-order valence-corrected chi connectivity index (χ2v) is 12.6. The molecule has 0 spiro atoms. The molecule has 0 bridgehead atoms. The fraction of sp³-hybridized carbons (Fsp3) is 0.704. The minimum Gasteiger partial charge on any atom is -0.393 e. The maximum atomic E-state index is 10.3. The zero-order chi connectivity index (χ0) is 20.8. The molecule has 4 aliphatic carbocycles. The second kappa shape index (κ2) is 6.61. The molecule has 2 N–H and O–H groups in total. The molecule has 6 rings (SSSR count). The van der Waals surface area contributed by atoms with Crippen LogP contribution in [0.4, 0.5) is 5.69 Å². The highest BCUT2D eigenvalue weighted by atomic mass is 79.9. The van der Waals surface area contributed by atoms with E-state index in [-0.39, 0.29) is 6.10 Å². The Labute approximate surface area is 190 Å². The number of hydrogen-bond donors (Lipinski definition) is 2. The third kappa shape index (κ3) is 2.57. The topological polar surface area (TPSA) is 32.3 Å². The van der Waals surface area contributed by atoms with Crippen molar-refractivity contribution in [3.8, 4) is 0 Å². The molecule has 3 heteroatoms. The van der Waals surface area contributed by atoms with Crippen molar-refractivity contribution < 1.29 is 5.11 Å². The highest BCUT2D eigenvalue weighted by Crippen LogP contribution is 2.69. The Kier molecular flexibility index (Phi) is 4.37. The summed E-state index contributed by atoms with van der Waals surface area (Å²) < 4.78 is 1.20. The maximum Gasteiger partial charge on any atom is 0.0577 e. The number of fused-ring (bicyclic) bond motifs is 8. The third-order valence-electron chi connectivity index (χ3n) is 10.6. The van der Waals surface area contributed by atoms with Gasteiger partial charge >= 0.3 is 0 Å². The average Bonchev–Trinajstić information content (AvgIpc) is 3.02. The van der Waals surface area contributed by atoms with Crippen LogP contribution in [0.1, 0.15) is 77.2 Å². The summed E-state index contributed by atoms with van der Waals surface area (Å²) in [5, 5.41) is 14.3. The van der Waals surface area contributed by atoms with Crippen molar-refractivity contribution in [3.05, 3.63) is 39.9 Å². The number of halogens is 1. The van der Waals surface area contributed by atoms with Crippen LogP contribution < -0.4 is 5.32 Å². The second-order valence-electron chi connectivity index (χ2n) is 11.7. The van der Waals surface area contributed by atoms with Gasteiger partial charge in [0.1, 0.15) is 0 Å². The molecule has 9 atom stereocenters. The first-order chi connectivity index (χ1) is 14.3. The Balaban J connectivity index is 1.36. The maximum absolute atomic E-state index is 10.3. The van der Waals surface area contributed by atoms with E-state index in [1.807, 2.05) is 0 Å². The number of anilines is 1. The lowest BCUT2D eigenvalue weighted by atomic mass is 9.47. The molecule has 0 saturated heterocycles. The van der Waals surface area contributed by atoms with Gasteiger partial charge in [0.2, 0.25) is 0 Å². The molecule has 1 heterocycles. The van der Waals surface area contributed by atoms with Crippen molar-refractivity contribution in [1.29, 1.82) is 0 Å². The highest BCUT2D eigenvalue weighted by molar-refractivity contribution is 9.10. The number of benzene rings is 1.